The predicted molar refractivity (Wildman–Crippen MR) is 181 cm³/mol. The number of likely N-dealkylation sites (tertiary alicyclic amines) is 1. The Morgan fingerprint density at radius 3 is 2.60 bits per heavy atom. The Hall–Kier alpha value is -3.48. The molecule has 4 N–H and O–H groups in total. The number of nitrogens with one attached hydrogen (secondary N) is 2. The number of carbonyl (C=O) groups excluding carboxylic acids is 4. The number of benzene rings is 1. The fourth-order valence-electron chi connectivity index (χ4n) is 6.85. The van der Waals surface area contributed by atoms with Crippen molar-refractivity contribution in [1.29, 1.82) is 0 Å². The van der Waals surface area contributed by atoms with Gasteiger partial charge >= 0.3 is 6.09 Å². The van der Waals surface area contributed by atoms with E-state index < -0.39 is 41.7 Å². The molecule has 1 aliphatic carbocycles. The van der Waals surface area contributed by atoms with Crippen LogP contribution in [0, 0.1) is 16.5 Å². The van der Waals surface area contributed by atoms with E-state index in [-0.39, 0.29) is 42.0 Å². The number of hydroxylamine groups is 2. The number of hydrogen-bond donors (Lipinski definition) is 3. The van der Waals surface area contributed by atoms with E-state index in [2.05, 4.69) is 30.5 Å². The van der Waals surface area contributed by atoms with Crippen molar-refractivity contribution >= 4 is 23.8 Å². The highest BCUT2D eigenvalue weighted by Crippen LogP contribution is 2.53. The van der Waals surface area contributed by atoms with E-state index >= 15 is 0 Å². The van der Waals surface area contributed by atoms with Gasteiger partial charge < -0.3 is 35.7 Å². The Morgan fingerprint density at radius 2 is 1.94 bits per heavy atom. The van der Waals surface area contributed by atoms with Crippen LogP contribution in [-0.2, 0) is 43.4 Å². The lowest BCUT2D eigenvalue weighted by Crippen LogP contribution is -3.13. The van der Waals surface area contributed by atoms with Gasteiger partial charge in [0.2, 0.25) is 11.8 Å². The summed E-state index contributed by atoms with van der Waals surface area (Å²) in [7, 11) is 1.66. The molecule has 0 radical (unpaired) electrons. The second kappa shape index (κ2) is 15.8. The van der Waals surface area contributed by atoms with E-state index in [0.717, 1.165) is 43.2 Å². The summed E-state index contributed by atoms with van der Waals surface area (Å²) in [6.07, 6.45) is 8.24. The summed E-state index contributed by atoms with van der Waals surface area (Å²) < 4.78 is 11.6. The lowest BCUT2D eigenvalue weighted by Gasteiger charge is -2.35. The van der Waals surface area contributed by atoms with Crippen LogP contribution in [0.4, 0.5) is 4.79 Å². The van der Waals surface area contributed by atoms with E-state index in [4.69, 9.17) is 15.2 Å². The molecule has 48 heavy (non-hydrogen) atoms. The second-order valence-electron chi connectivity index (χ2n) is 14.7. The fourth-order valence-corrected chi connectivity index (χ4v) is 6.85. The Bertz CT molecular complexity index is 1360. The Morgan fingerprint density at radius 1 is 1.19 bits per heavy atom. The van der Waals surface area contributed by atoms with Gasteiger partial charge in [0, 0.05) is 33.0 Å². The smallest absolute Gasteiger partial charge is 0.410 e. The average Bonchev–Trinajstić information content (AvgIpc) is 3.34. The third-order valence-electron chi connectivity index (χ3n) is 9.98. The Balaban J connectivity index is 1.34. The van der Waals surface area contributed by atoms with Crippen molar-refractivity contribution in [2.75, 3.05) is 20.3 Å². The first kappa shape index (κ1) is 37.3. The number of nitrogens with two attached hydrogens (primary N) is 1. The van der Waals surface area contributed by atoms with Crippen molar-refractivity contribution in [2.24, 2.45) is 17.1 Å². The van der Waals surface area contributed by atoms with Gasteiger partial charge in [-0.25, -0.2) is 4.79 Å². The Kier molecular flexibility index (Phi) is 12.3. The van der Waals surface area contributed by atoms with Crippen molar-refractivity contribution in [1.82, 2.24) is 15.1 Å². The van der Waals surface area contributed by atoms with Crippen LogP contribution < -0.4 is 16.1 Å². The highest BCUT2D eigenvalue weighted by atomic mass is 16.6. The summed E-state index contributed by atoms with van der Waals surface area (Å²) >= 11 is 0. The maximum Gasteiger partial charge on any atom is 0.410 e. The SMILES string of the molecule is CCc1cccc2c1CN(C(=O)O[C@@H]1C[C@@H](C(N)=O)N(C(=O)[C@H](CCCCC/C=C\[C@@H]3C[C@]3(C)C(=O)NC)[NH+]([O-])COC(C)(C)C)C1)C2. The lowest BCUT2D eigenvalue weighted by atomic mass is 10.0. The van der Waals surface area contributed by atoms with Gasteiger partial charge in [-0.05, 0) is 75.5 Å². The molecular formula is C36H55N5O7. The van der Waals surface area contributed by atoms with Gasteiger partial charge in [0.1, 0.15) is 12.1 Å². The van der Waals surface area contributed by atoms with Gasteiger partial charge in [0.15, 0.2) is 12.8 Å². The second-order valence-corrected chi connectivity index (χ2v) is 14.7. The molecule has 1 aromatic carbocycles. The highest BCUT2D eigenvalue weighted by molar-refractivity contribution is 5.89. The van der Waals surface area contributed by atoms with Crippen LogP contribution in [0.3, 0.4) is 0 Å². The van der Waals surface area contributed by atoms with Gasteiger partial charge in [-0.2, -0.15) is 0 Å². The maximum atomic E-state index is 14.0. The first-order chi connectivity index (χ1) is 22.7. The molecule has 12 nitrogen and oxygen atoms in total. The molecular weight excluding hydrogens is 614 g/mol. The zero-order chi connectivity index (χ0) is 35.2. The van der Waals surface area contributed by atoms with Crippen molar-refractivity contribution in [3.8, 4) is 0 Å². The van der Waals surface area contributed by atoms with Gasteiger partial charge in [-0.15, -0.1) is 0 Å². The van der Waals surface area contributed by atoms with Gasteiger partial charge in [-0.3, -0.25) is 19.3 Å². The largest absolute Gasteiger partial charge is 0.632 e. The number of nitrogens with zero attached hydrogens (tertiary/aromatic N) is 2. The van der Waals surface area contributed by atoms with Gasteiger partial charge in [0.05, 0.1) is 17.6 Å². The molecule has 2 aliphatic heterocycles. The van der Waals surface area contributed by atoms with Crippen LogP contribution >= 0.6 is 0 Å². The van der Waals surface area contributed by atoms with E-state index in [1.807, 2.05) is 39.8 Å². The number of hydrogen-bond acceptors (Lipinski definition) is 7. The fraction of sp³-hybridized carbons (Fsp3) is 0.667. The molecule has 2 fully saturated rings. The van der Waals surface area contributed by atoms with Crippen molar-refractivity contribution in [2.45, 2.75) is 123 Å². The van der Waals surface area contributed by atoms with Gasteiger partial charge in [0.25, 0.3) is 5.91 Å². The molecule has 4 rings (SSSR count). The predicted octanol–water partition coefficient (Wildman–Crippen LogP) is 2.96. The standard InChI is InChI=1S/C36H55N5O7/c1-7-24-14-13-15-25-20-39(22-28(24)25)34(45)48-27-18-30(31(37)42)40(21-27)32(43)29(41(46)23-47-35(2,3)4)17-12-10-8-9-11-16-26-19-36(26,5)33(44)38-6/h11,13-16,26-27,29-30,41H,7-10,12,17-23H2,1-6H3,(H2,37,42)(H,38,44)/b16-11-/t26-,27-,29+,30+,36+/m1/s1. The number of ether oxygens (including phenoxy) is 2. The monoisotopic (exact) mass is 669 g/mol. The van der Waals surface area contributed by atoms with Gasteiger partial charge in [-0.1, -0.05) is 50.6 Å². The van der Waals surface area contributed by atoms with E-state index in [1.165, 1.54) is 10.5 Å². The minimum Gasteiger partial charge on any atom is -0.632 e. The normalized spacial score (nSPS) is 24.8. The molecule has 0 bridgehead atoms. The molecule has 4 amide bonds. The maximum absolute atomic E-state index is 14.0. The number of rotatable bonds is 15. The van der Waals surface area contributed by atoms with Crippen LogP contribution in [0.2, 0.25) is 0 Å². The minimum absolute atomic E-state index is 0.00990. The lowest BCUT2D eigenvalue weighted by molar-refractivity contribution is -0.889. The van der Waals surface area contributed by atoms with Crippen LogP contribution in [-0.4, -0.2) is 77.7 Å². The first-order valence-electron chi connectivity index (χ1n) is 17.4. The molecule has 1 aromatic rings. The number of primary amides is 1. The van der Waals surface area contributed by atoms with Crippen LogP contribution in [0.1, 0.15) is 96.3 Å². The number of aryl methyl sites for hydroxylation is 1. The number of allylic oxidation sites excluding steroid dienone is 2. The number of amides is 4. The van der Waals surface area contributed by atoms with E-state index in [0.29, 0.717) is 25.9 Å². The van der Waals surface area contributed by atoms with Crippen LogP contribution in [0.25, 0.3) is 0 Å². The molecule has 0 spiro atoms. The zero-order valence-electron chi connectivity index (χ0n) is 29.5. The number of unbranched alkanes of at least 4 members (excludes halogenated alkanes) is 3. The van der Waals surface area contributed by atoms with Crippen molar-refractivity contribution in [3.05, 3.63) is 52.2 Å². The minimum atomic E-state index is -1.00. The molecule has 6 atom stereocenters. The molecule has 1 saturated carbocycles. The number of quaternary nitrogens is 1. The summed E-state index contributed by atoms with van der Waals surface area (Å²) in [5.41, 5.74) is 8.27. The van der Waals surface area contributed by atoms with E-state index in [9.17, 15) is 24.4 Å². The molecule has 266 valence electrons. The average molecular weight is 670 g/mol. The highest BCUT2D eigenvalue weighted by Gasteiger charge is 2.54. The summed E-state index contributed by atoms with van der Waals surface area (Å²) in [6, 6.07) is 4.08. The topological polar surface area (TPSA) is 159 Å². The Labute approximate surface area is 284 Å². The van der Waals surface area contributed by atoms with E-state index in [1.54, 1.807) is 11.9 Å². The van der Waals surface area contributed by atoms with Crippen LogP contribution in [0.15, 0.2) is 30.4 Å². The number of carbonyl (C=O) groups is 4. The molecule has 1 unspecified atom stereocenters. The quantitative estimate of drug-likeness (QED) is 0.112. The number of fused-ring (bicyclic) bond motifs is 1. The van der Waals surface area contributed by atoms with Crippen molar-refractivity contribution < 1.29 is 33.7 Å². The summed E-state index contributed by atoms with van der Waals surface area (Å²) in [5, 5.41) is 15.8. The molecule has 2 heterocycles. The van der Waals surface area contributed by atoms with Crippen LogP contribution in [0.5, 0.6) is 0 Å². The summed E-state index contributed by atoms with van der Waals surface area (Å²) in [5.74, 6) is -0.863. The molecule has 12 heteroatoms. The molecule has 3 aliphatic rings. The summed E-state index contributed by atoms with van der Waals surface area (Å²) in [6.45, 7) is 10.2. The van der Waals surface area contributed by atoms with Crippen molar-refractivity contribution in [3.63, 3.8) is 0 Å². The zero-order valence-corrected chi connectivity index (χ0v) is 29.5. The molecule has 1 saturated heterocycles. The molecule has 0 aromatic heterocycles. The third kappa shape index (κ3) is 9.15. The first-order valence-corrected chi connectivity index (χ1v) is 17.4. The third-order valence-corrected chi connectivity index (χ3v) is 9.98. The summed E-state index contributed by atoms with van der Waals surface area (Å²) in [4.78, 5) is 54.7.